The number of rotatable bonds is 3. The molecule has 0 aromatic heterocycles. The molecule has 1 N–H and O–H groups in total. The molecule has 0 fully saturated rings. The third kappa shape index (κ3) is 1.53. The minimum atomic E-state index is 0.0403. The van der Waals surface area contributed by atoms with Crippen LogP contribution in [-0.2, 0) is 22.4 Å². The summed E-state index contributed by atoms with van der Waals surface area (Å²) in [7, 11) is 0. The molecule has 0 saturated carbocycles. The van der Waals surface area contributed by atoms with Crippen LogP contribution in [-0.4, -0.2) is 12.2 Å². The zero-order chi connectivity index (χ0) is 9.97. The number of aryl methyl sites for hydroxylation is 1. The first kappa shape index (κ1) is 8.94. The lowest BCUT2D eigenvalue weighted by Crippen LogP contribution is -2.05. The number of hydrogen-bond acceptors (Lipinski definition) is 2. The molecule has 14 heavy (non-hydrogen) atoms. The lowest BCUT2D eigenvalue weighted by Gasteiger charge is -2.05. The Labute approximate surface area is 82.1 Å². The molecule has 0 bridgehead atoms. The second kappa shape index (κ2) is 3.62. The summed E-state index contributed by atoms with van der Waals surface area (Å²) in [4.78, 5) is 21.4. The Morgan fingerprint density at radius 3 is 3.07 bits per heavy atom. The van der Waals surface area contributed by atoms with Crippen molar-refractivity contribution in [2.75, 3.05) is 5.32 Å². The van der Waals surface area contributed by atoms with Gasteiger partial charge in [-0.15, -0.1) is 0 Å². The van der Waals surface area contributed by atoms with Gasteiger partial charge in [0.05, 0.1) is 6.42 Å². The smallest absolute Gasteiger partial charge is 0.228 e. The van der Waals surface area contributed by atoms with E-state index in [1.54, 1.807) is 0 Å². The maximum absolute atomic E-state index is 11.1. The quantitative estimate of drug-likeness (QED) is 0.729. The van der Waals surface area contributed by atoms with Crippen molar-refractivity contribution in [3.8, 4) is 0 Å². The van der Waals surface area contributed by atoms with Gasteiger partial charge in [-0.1, -0.05) is 18.2 Å². The first-order valence-electron chi connectivity index (χ1n) is 4.65. The van der Waals surface area contributed by atoms with E-state index in [-0.39, 0.29) is 5.91 Å². The van der Waals surface area contributed by atoms with Crippen LogP contribution >= 0.6 is 0 Å². The maximum atomic E-state index is 11.1. The predicted molar refractivity (Wildman–Crippen MR) is 53.2 cm³/mol. The number of fused-ring (bicyclic) bond motifs is 1. The van der Waals surface area contributed by atoms with Gasteiger partial charge in [0.2, 0.25) is 5.91 Å². The highest BCUT2D eigenvalue weighted by atomic mass is 16.1. The molecule has 2 rings (SSSR count). The number of para-hydroxylation sites is 1. The van der Waals surface area contributed by atoms with Crippen molar-refractivity contribution < 1.29 is 9.59 Å². The lowest BCUT2D eigenvalue weighted by atomic mass is 10.0. The highest BCUT2D eigenvalue weighted by Gasteiger charge is 2.19. The van der Waals surface area contributed by atoms with Crippen LogP contribution in [0.5, 0.6) is 0 Å². The molecule has 3 nitrogen and oxygen atoms in total. The van der Waals surface area contributed by atoms with Gasteiger partial charge in [-0.2, -0.15) is 0 Å². The summed E-state index contributed by atoms with van der Waals surface area (Å²) in [6, 6.07) is 5.82. The van der Waals surface area contributed by atoms with Gasteiger partial charge in [-0.05, 0) is 17.5 Å². The third-order valence-corrected chi connectivity index (χ3v) is 2.38. The predicted octanol–water partition coefficient (Wildman–Crippen LogP) is 1.31. The van der Waals surface area contributed by atoms with Crippen LogP contribution in [0.25, 0.3) is 0 Å². The fourth-order valence-electron chi connectivity index (χ4n) is 1.74. The fraction of sp³-hybridized carbons (Fsp3) is 0.273. The van der Waals surface area contributed by atoms with Crippen LogP contribution in [0.3, 0.4) is 0 Å². The molecule has 1 heterocycles. The number of amides is 1. The number of nitrogens with one attached hydrogen (secondary N) is 1. The summed E-state index contributed by atoms with van der Waals surface area (Å²) in [5, 5.41) is 2.82. The van der Waals surface area contributed by atoms with E-state index >= 15 is 0 Å². The number of benzene rings is 1. The molecule has 0 saturated heterocycles. The molecule has 0 atom stereocenters. The van der Waals surface area contributed by atoms with Gasteiger partial charge >= 0.3 is 0 Å². The van der Waals surface area contributed by atoms with E-state index in [0.717, 1.165) is 23.1 Å². The molecule has 1 aromatic rings. The molecule has 1 aliphatic heterocycles. The van der Waals surface area contributed by atoms with E-state index in [9.17, 15) is 9.59 Å². The van der Waals surface area contributed by atoms with Crippen LogP contribution in [0.1, 0.15) is 17.5 Å². The molecule has 0 unspecified atom stereocenters. The minimum absolute atomic E-state index is 0.0403. The van der Waals surface area contributed by atoms with Crippen molar-refractivity contribution in [3.63, 3.8) is 0 Å². The van der Waals surface area contributed by atoms with Crippen LogP contribution in [0, 0.1) is 0 Å². The normalized spacial score (nSPS) is 13.6. The van der Waals surface area contributed by atoms with E-state index in [1.165, 1.54) is 0 Å². The van der Waals surface area contributed by atoms with Crippen molar-refractivity contribution in [3.05, 3.63) is 29.3 Å². The molecule has 0 aliphatic carbocycles. The van der Waals surface area contributed by atoms with Gasteiger partial charge in [0, 0.05) is 12.1 Å². The lowest BCUT2D eigenvalue weighted by molar-refractivity contribution is -0.115. The molecule has 1 aliphatic rings. The number of anilines is 1. The summed E-state index contributed by atoms with van der Waals surface area (Å²) in [6.07, 6.45) is 2.57. The third-order valence-electron chi connectivity index (χ3n) is 2.38. The fourth-order valence-corrected chi connectivity index (χ4v) is 1.74. The number of carbonyl (C=O) groups excluding carboxylic acids is 2. The summed E-state index contributed by atoms with van der Waals surface area (Å²) < 4.78 is 0. The highest BCUT2D eigenvalue weighted by Crippen LogP contribution is 2.27. The van der Waals surface area contributed by atoms with E-state index in [1.807, 2.05) is 18.2 Å². The molecule has 0 spiro atoms. The average molecular weight is 189 g/mol. The second-order valence-corrected chi connectivity index (χ2v) is 3.38. The van der Waals surface area contributed by atoms with E-state index in [4.69, 9.17) is 0 Å². The molecule has 1 amide bonds. The Kier molecular flexibility index (Phi) is 2.31. The van der Waals surface area contributed by atoms with Crippen molar-refractivity contribution in [2.24, 2.45) is 0 Å². The molecule has 0 radical (unpaired) electrons. The monoisotopic (exact) mass is 189 g/mol. The SMILES string of the molecule is O=CCCc1cccc2c1NC(=O)C2. The summed E-state index contributed by atoms with van der Waals surface area (Å²) >= 11 is 0. The number of aldehydes is 1. The van der Waals surface area contributed by atoms with Crippen LogP contribution < -0.4 is 5.32 Å². The van der Waals surface area contributed by atoms with Crippen molar-refractivity contribution in [2.45, 2.75) is 19.3 Å². The summed E-state index contributed by atoms with van der Waals surface area (Å²) in [5.41, 5.74) is 3.01. The molecule has 1 aromatic carbocycles. The number of carbonyl (C=O) groups is 2. The molecular weight excluding hydrogens is 178 g/mol. The Bertz CT molecular complexity index is 385. The van der Waals surface area contributed by atoms with Gasteiger partial charge in [0.25, 0.3) is 0 Å². The first-order valence-corrected chi connectivity index (χ1v) is 4.65. The van der Waals surface area contributed by atoms with E-state index < -0.39 is 0 Å². The molecule has 72 valence electrons. The van der Waals surface area contributed by atoms with Gasteiger partial charge in [-0.25, -0.2) is 0 Å². The van der Waals surface area contributed by atoms with Crippen molar-refractivity contribution in [1.29, 1.82) is 0 Å². The average Bonchev–Trinajstić information content (AvgIpc) is 2.55. The van der Waals surface area contributed by atoms with E-state index in [2.05, 4.69) is 5.32 Å². The minimum Gasteiger partial charge on any atom is -0.325 e. The standard InChI is InChI=1S/C11H11NO2/c13-6-2-5-8-3-1-4-9-7-10(14)12-11(8)9/h1,3-4,6H,2,5,7H2,(H,12,14). The van der Waals surface area contributed by atoms with Crippen molar-refractivity contribution in [1.82, 2.24) is 0 Å². The number of hydrogen-bond donors (Lipinski definition) is 1. The van der Waals surface area contributed by atoms with Crippen LogP contribution in [0.15, 0.2) is 18.2 Å². The zero-order valence-electron chi connectivity index (χ0n) is 7.75. The van der Waals surface area contributed by atoms with Gasteiger partial charge < -0.3 is 10.1 Å². The molecular formula is C11H11NO2. The Morgan fingerprint density at radius 1 is 1.43 bits per heavy atom. The first-order chi connectivity index (χ1) is 6.81. The molecule has 3 heteroatoms. The largest absolute Gasteiger partial charge is 0.325 e. The Hall–Kier alpha value is -1.64. The van der Waals surface area contributed by atoms with E-state index in [0.29, 0.717) is 19.3 Å². The van der Waals surface area contributed by atoms with Crippen LogP contribution in [0.2, 0.25) is 0 Å². The Balaban J connectivity index is 2.29. The maximum Gasteiger partial charge on any atom is 0.228 e. The van der Waals surface area contributed by atoms with Gasteiger partial charge in [-0.3, -0.25) is 4.79 Å². The highest BCUT2D eigenvalue weighted by molar-refractivity contribution is 6.00. The second-order valence-electron chi connectivity index (χ2n) is 3.38. The topological polar surface area (TPSA) is 46.2 Å². The van der Waals surface area contributed by atoms with Gasteiger partial charge in [0.1, 0.15) is 6.29 Å². The zero-order valence-corrected chi connectivity index (χ0v) is 7.75. The van der Waals surface area contributed by atoms with Gasteiger partial charge in [0.15, 0.2) is 0 Å². The summed E-state index contributed by atoms with van der Waals surface area (Å²) in [5.74, 6) is 0.0403. The van der Waals surface area contributed by atoms with Crippen molar-refractivity contribution >= 4 is 17.9 Å². The van der Waals surface area contributed by atoms with Crippen LogP contribution in [0.4, 0.5) is 5.69 Å². The Morgan fingerprint density at radius 2 is 2.29 bits per heavy atom. The summed E-state index contributed by atoms with van der Waals surface area (Å²) in [6.45, 7) is 0.